The second kappa shape index (κ2) is 7.71. The zero-order valence-corrected chi connectivity index (χ0v) is 16.2. The van der Waals surface area contributed by atoms with Crippen LogP contribution < -0.4 is 0 Å². The molecule has 1 heterocycles. The number of rotatable bonds is 3. The Kier molecular flexibility index (Phi) is 5.71. The number of hydrogen-bond donors (Lipinski definition) is 0. The molecule has 0 aliphatic carbocycles. The van der Waals surface area contributed by atoms with E-state index in [4.69, 9.17) is 23.2 Å². The SMILES string of the molecule is O=C(c1cc(F)c(F)cc1Cl)N1CCN(S(=O)(=O)c2ccccc2Cl)CC1. The first kappa shape index (κ1) is 20.0. The van der Waals surface area contributed by atoms with Crippen molar-refractivity contribution in [1.29, 1.82) is 0 Å². The van der Waals surface area contributed by atoms with Crippen LogP contribution in [0.1, 0.15) is 10.4 Å². The van der Waals surface area contributed by atoms with Crippen LogP contribution in [0.3, 0.4) is 0 Å². The van der Waals surface area contributed by atoms with Crippen molar-refractivity contribution in [1.82, 2.24) is 9.21 Å². The standard InChI is InChI=1S/C17H14Cl2F2N2O3S/c18-12-3-1-2-4-16(12)27(25,26)23-7-5-22(6-8-23)17(24)11-9-14(20)15(21)10-13(11)19/h1-4,9-10H,5-8H2. The lowest BCUT2D eigenvalue weighted by atomic mass is 10.1. The molecule has 1 aliphatic heterocycles. The van der Waals surface area contributed by atoms with Crippen molar-refractivity contribution in [3.05, 3.63) is 63.6 Å². The Balaban J connectivity index is 1.75. The second-order valence-electron chi connectivity index (χ2n) is 5.87. The highest BCUT2D eigenvalue weighted by Gasteiger charge is 2.32. The Morgan fingerprint density at radius 3 is 2.15 bits per heavy atom. The number of amides is 1. The third-order valence-corrected chi connectivity index (χ3v) is 6.93. The number of nitrogens with zero attached hydrogens (tertiary/aromatic N) is 2. The van der Waals surface area contributed by atoms with Crippen molar-refractivity contribution in [2.45, 2.75) is 4.90 Å². The van der Waals surface area contributed by atoms with Crippen LogP contribution in [0.25, 0.3) is 0 Å². The average molecular weight is 435 g/mol. The molecule has 1 saturated heterocycles. The predicted molar refractivity (Wildman–Crippen MR) is 97.5 cm³/mol. The van der Waals surface area contributed by atoms with E-state index in [-0.39, 0.29) is 46.7 Å². The summed E-state index contributed by atoms with van der Waals surface area (Å²) in [5.74, 6) is -2.91. The molecule has 10 heteroatoms. The molecule has 3 rings (SSSR count). The number of carbonyl (C=O) groups excluding carboxylic acids is 1. The van der Waals surface area contributed by atoms with Crippen LogP contribution in [0.15, 0.2) is 41.3 Å². The molecule has 0 unspecified atom stereocenters. The molecule has 27 heavy (non-hydrogen) atoms. The van der Waals surface area contributed by atoms with E-state index in [0.717, 1.165) is 12.1 Å². The highest BCUT2D eigenvalue weighted by Crippen LogP contribution is 2.26. The zero-order valence-electron chi connectivity index (χ0n) is 13.8. The van der Waals surface area contributed by atoms with Gasteiger partial charge in [0.1, 0.15) is 4.90 Å². The van der Waals surface area contributed by atoms with Crippen molar-refractivity contribution in [2.75, 3.05) is 26.2 Å². The van der Waals surface area contributed by atoms with Gasteiger partial charge in [-0.3, -0.25) is 4.79 Å². The third kappa shape index (κ3) is 3.94. The van der Waals surface area contributed by atoms with E-state index >= 15 is 0 Å². The Morgan fingerprint density at radius 2 is 1.52 bits per heavy atom. The molecule has 0 aromatic heterocycles. The third-order valence-electron chi connectivity index (χ3n) is 4.22. The molecule has 0 atom stereocenters. The summed E-state index contributed by atoms with van der Waals surface area (Å²) >= 11 is 11.8. The number of hydrogen-bond acceptors (Lipinski definition) is 3. The Labute approximate surface area is 165 Å². The monoisotopic (exact) mass is 434 g/mol. The molecule has 1 amide bonds. The molecule has 5 nitrogen and oxygen atoms in total. The molecule has 0 spiro atoms. The fourth-order valence-corrected chi connectivity index (χ4v) is 4.93. The van der Waals surface area contributed by atoms with Gasteiger partial charge in [-0.15, -0.1) is 0 Å². The molecule has 0 N–H and O–H groups in total. The van der Waals surface area contributed by atoms with E-state index in [1.165, 1.54) is 21.3 Å². The fourth-order valence-electron chi connectivity index (χ4n) is 2.78. The first-order chi connectivity index (χ1) is 12.7. The van der Waals surface area contributed by atoms with Crippen molar-refractivity contribution < 1.29 is 22.0 Å². The molecular formula is C17H14Cl2F2N2O3S. The molecule has 1 aliphatic rings. The summed E-state index contributed by atoms with van der Waals surface area (Å²) in [5, 5.41) is -0.0883. The van der Waals surface area contributed by atoms with Gasteiger partial charge >= 0.3 is 0 Å². The lowest BCUT2D eigenvalue weighted by Crippen LogP contribution is -2.50. The highest BCUT2D eigenvalue weighted by molar-refractivity contribution is 7.89. The Bertz CT molecular complexity index is 994. The highest BCUT2D eigenvalue weighted by atomic mass is 35.5. The summed E-state index contributed by atoms with van der Waals surface area (Å²) in [7, 11) is -3.80. The van der Waals surface area contributed by atoms with Crippen LogP contribution in [0.2, 0.25) is 10.0 Å². The number of sulfonamides is 1. The lowest BCUT2D eigenvalue weighted by molar-refractivity contribution is 0.0697. The summed E-state index contributed by atoms with van der Waals surface area (Å²) in [5.41, 5.74) is -0.169. The lowest BCUT2D eigenvalue weighted by Gasteiger charge is -2.34. The van der Waals surface area contributed by atoms with Gasteiger partial charge in [0, 0.05) is 26.2 Å². The zero-order chi connectivity index (χ0) is 19.8. The van der Waals surface area contributed by atoms with Gasteiger partial charge in [0.15, 0.2) is 11.6 Å². The number of carbonyl (C=O) groups is 1. The van der Waals surface area contributed by atoms with Crippen LogP contribution in [0.5, 0.6) is 0 Å². The molecule has 0 saturated carbocycles. The van der Waals surface area contributed by atoms with E-state index in [1.807, 2.05) is 0 Å². The first-order valence-electron chi connectivity index (χ1n) is 7.90. The first-order valence-corrected chi connectivity index (χ1v) is 10.1. The summed E-state index contributed by atoms with van der Waals surface area (Å²) in [6.07, 6.45) is 0. The van der Waals surface area contributed by atoms with Gasteiger partial charge < -0.3 is 4.90 Å². The molecule has 2 aromatic rings. The molecule has 1 fully saturated rings. The minimum Gasteiger partial charge on any atom is -0.336 e. The second-order valence-corrected chi connectivity index (χ2v) is 8.59. The van der Waals surface area contributed by atoms with Crippen LogP contribution in [0.4, 0.5) is 8.78 Å². The molecule has 0 bridgehead atoms. The maximum Gasteiger partial charge on any atom is 0.255 e. The van der Waals surface area contributed by atoms with Gasteiger partial charge in [0.2, 0.25) is 10.0 Å². The average Bonchev–Trinajstić information content (AvgIpc) is 2.64. The number of benzene rings is 2. The van der Waals surface area contributed by atoms with Crippen molar-refractivity contribution in [3.8, 4) is 0 Å². The molecule has 0 radical (unpaired) electrons. The summed E-state index contributed by atoms with van der Waals surface area (Å²) in [6.45, 7) is 0.247. The maximum atomic E-state index is 13.4. The van der Waals surface area contributed by atoms with E-state index < -0.39 is 27.6 Å². The summed E-state index contributed by atoms with van der Waals surface area (Å²) in [4.78, 5) is 13.9. The minimum atomic E-state index is -3.80. The smallest absolute Gasteiger partial charge is 0.255 e. The molecule has 2 aromatic carbocycles. The van der Waals surface area contributed by atoms with Crippen LogP contribution in [-0.2, 0) is 10.0 Å². The summed E-state index contributed by atoms with van der Waals surface area (Å²) < 4.78 is 53.3. The van der Waals surface area contributed by atoms with Crippen LogP contribution in [-0.4, -0.2) is 49.7 Å². The summed E-state index contributed by atoms with van der Waals surface area (Å²) in [6, 6.07) is 7.58. The van der Waals surface area contributed by atoms with Gasteiger partial charge in [-0.1, -0.05) is 35.3 Å². The van der Waals surface area contributed by atoms with E-state index in [0.29, 0.717) is 0 Å². The fraction of sp³-hybridized carbons (Fsp3) is 0.235. The minimum absolute atomic E-state index is 0.00454. The normalized spacial score (nSPS) is 15.8. The van der Waals surface area contributed by atoms with Crippen molar-refractivity contribution in [2.24, 2.45) is 0 Å². The van der Waals surface area contributed by atoms with Gasteiger partial charge in [0.25, 0.3) is 5.91 Å². The van der Waals surface area contributed by atoms with E-state index in [2.05, 4.69) is 0 Å². The topological polar surface area (TPSA) is 57.7 Å². The van der Waals surface area contributed by atoms with Gasteiger partial charge in [-0.25, -0.2) is 17.2 Å². The maximum absolute atomic E-state index is 13.4. The quantitative estimate of drug-likeness (QED) is 0.695. The molecule has 144 valence electrons. The Hall–Kier alpha value is -1.74. The van der Waals surface area contributed by atoms with Crippen molar-refractivity contribution in [3.63, 3.8) is 0 Å². The van der Waals surface area contributed by atoms with E-state index in [9.17, 15) is 22.0 Å². The van der Waals surface area contributed by atoms with Gasteiger partial charge in [-0.05, 0) is 24.3 Å². The van der Waals surface area contributed by atoms with Crippen LogP contribution in [0, 0.1) is 11.6 Å². The van der Waals surface area contributed by atoms with E-state index in [1.54, 1.807) is 12.1 Å². The molecular weight excluding hydrogens is 421 g/mol. The predicted octanol–water partition coefficient (Wildman–Crippen LogP) is 3.42. The van der Waals surface area contributed by atoms with Crippen molar-refractivity contribution >= 4 is 39.1 Å². The van der Waals surface area contributed by atoms with Crippen LogP contribution >= 0.6 is 23.2 Å². The largest absolute Gasteiger partial charge is 0.336 e. The Morgan fingerprint density at radius 1 is 0.926 bits per heavy atom. The van der Waals surface area contributed by atoms with Gasteiger partial charge in [0.05, 0.1) is 15.6 Å². The van der Waals surface area contributed by atoms with Gasteiger partial charge in [-0.2, -0.15) is 4.31 Å². The number of piperazine rings is 1. The number of halogens is 4.